The molecule has 4 N–H and O–H groups in total. The van der Waals surface area contributed by atoms with Crippen LogP contribution in [0, 0.1) is 0 Å². The number of benzene rings is 4. The van der Waals surface area contributed by atoms with Crippen molar-refractivity contribution >= 4 is 34.6 Å². The third-order valence-corrected chi connectivity index (χ3v) is 4.54. The topological polar surface area (TPSA) is 89.2 Å². The Kier molecular flexibility index (Phi) is 5.57. The van der Waals surface area contributed by atoms with E-state index in [0.717, 1.165) is 22.1 Å². The van der Waals surface area contributed by atoms with Crippen LogP contribution in [0.15, 0.2) is 95.1 Å². The van der Waals surface area contributed by atoms with Gasteiger partial charge < -0.3 is 10.2 Å². The van der Waals surface area contributed by atoms with Gasteiger partial charge in [0.15, 0.2) is 0 Å². The molecule has 6 heteroatoms. The van der Waals surface area contributed by atoms with Crippen LogP contribution in [-0.2, 0) is 0 Å². The summed E-state index contributed by atoms with van der Waals surface area (Å²) in [5.41, 5.74) is 8.68. The highest BCUT2D eigenvalue weighted by molar-refractivity contribution is 5.93. The summed E-state index contributed by atoms with van der Waals surface area (Å²) in [5, 5.41) is 30.4. The molecule has 0 heterocycles. The molecule has 0 unspecified atom stereocenters. The normalized spacial score (nSPS) is 11.3. The fourth-order valence-electron chi connectivity index (χ4n) is 2.96. The van der Waals surface area contributed by atoms with Crippen LogP contribution in [0.5, 0.6) is 11.5 Å². The fraction of sp³-hybridized carbons (Fsp3) is 0. The van der Waals surface area contributed by atoms with Gasteiger partial charge in [-0.1, -0.05) is 48.5 Å². The minimum absolute atomic E-state index is 0.159. The molecule has 0 aliphatic heterocycles. The predicted octanol–water partition coefficient (Wildman–Crippen LogP) is 5.14. The molecule has 0 aliphatic rings. The number of aromatic hydroxyl groups is 2. The van der Waals surface area contributed by atoms with E-state index in [9.17, 15) is 10.2 Å². The van der Waals surface area contributed by atoms with E-state index in [1.807, 2.05) is 48.5 Å². The molecule has 0 aromatic heterocycles. The Morgan fingerprint density at radius 2 is 0.967 bits per heavy atom. The molecule has 0 saturated heterocycles. The average Bonchev–Trinajstić information content (AvgIpc) is 2.76. The van der Waals surface area contributed by atoms with E-state index in [2.05, 4.69) is 21.1 Å². The summed E-state index contributed by atoms with van der Waals surface area (Å²) in [6, 6.07) is 25.9. The summed E-state index contributed by atoms with van der Waals surface area (Å²) < 4.78 is 0. The van der Waals surface area contributed by atoms with Crippen LogP contribution < -0.4 is 10.9 Å². The Morgan fingerprint density at radius 1 is 0.567 bits per heavy atom. The monoisotopic (exact) mass is 396 g/mol. The molecule has 0 radical (unpaired) electrons. The van der Waals surface area contributed by atoms with Gasteiger partial charge in [0.2, 0.25) is 0 Å². The number of para-hydroxylation sites is 2. The van der Waals surface area contributed by atoms with Crippen molar-refractivity contribution in [2.45, 2.75) is 0 Å². The van der Waals surface area contributed by atoms with Crippen LogP contribution >= 0.6 is 0 Å². The smallest absolute Gasteiger partial charge is 0.124 e. The van der Waals surface area contributed by atoms with Gasteiger partial charge in [0.1, 0.15) is 11.5 Å². The van der Waals surface area contributed by atoms with Crippen molar-refractivity contribution in [1.29, 1.82) is 0 Å². The number of nitrogens with zero attached hydrogens (tertiary/aromatic N) is 2. The first-order chi connectivity index (χ1) is 14.7. The van der Waals surface area contributed by atoms with Gasteiger partial charge in [-0.05, 0) is 47.2 Å². The molecular formula is C24H20N4O2. The van der Waals surface area contributed by atoms with E-state index in [0.29, 0.717) is 11.1 Å². The molecule has 0 fully saturated rings. The number of phenols is 2. The molecule has 6 nitrogen and oxygen atoms in total. The van der Waals surface area contributed by atoms with Gasteiger partial charge in [0, 0.05) is 11.1 Å². The summed E-state index contributed by atoms with van der Waals surface area (Å²) in [7, 11) is 0. The third kappa shape index (κ3) is 4.39. The van der Waals surface area contributed by atoms with Crippen LogP contribution in [-0.4, -0.2) is 22.6 Å². The second-order valence-corrected chi connectivity index (χ2v) is 6.60. The van der Waals surface area contributed by atoms with Crippen molar-refractivity contribution in [3.8, 4) is 11.5 Å². The van der Waals surface area contributed by atoms with Gasteiger partial charge in [0.25, 0.3) is 0 Å². The highest BCUT2D eigenvalue weighted by atomic mass is 16.3. The Labute approximate surface area is 173 Å². The maximum atomic E-state index is 9.88. The first kappa shape index (κ1) is 19.0. The van der Waals surface area contributed by atoms with Crippen molar-refractivity contribution in [2.24, 2.45) is 10.2 Å². The summed E-state index contributed by atoms with van der Waals surface area (Å²) >= 11 is 0. The lowest BCUT2D eigenvalue weighted by atomic mass is 10.1. The average molecular weight is 396 g/mol. The molecule has 148 valence electrons. The molecule has 4 aromatic rings. The zero-order valence-corrected chi connectivity index (χ0v) is 16.0. The van der Waals surface area contributed by atoms with Crippen LogP contribution in [0.2, 0.25) is 0 Å². The van der Waals surface area contributed by atoms with E-state index in [-0.39, 0.29) is 11.5 Å². The second-order valence-electron chi connectivity index (χ2n) is 6.60. The maximum absolute atomic E-state index is 9.88. The molecule has 30 heavy (non-hydrogen) atoms. The van der Waals surface area contributed by atoms with Gasteiger partial charge in [0.05, 0.1) is 23.8 Å². The van der Waals surface area contributed by atoms with Gasteiger partial charge in [-0.15, -0.1) is 0 Å². The van der Waals surface area contributed by atoms with Crippen LogP contribution in [0.4, 0.5) is 11.4 Å². The van der Waals surface area contributed by atoms with E-state index in [1.54, 1.807) is 48.8 Å². The number of nitrogens with one attached hydrogen (secondary N) is 2. The molecule has 4 aromatic carbocycles. The van der Waals surface area contributed by atoms with Crippen molar-refractivity contribution in [2.75, 3.05) is 10.9 Å². The van der Waals surface area contributed by atoms with Crippen LogP contribution in [0.3, 0.4) is 0 Å². The summed E-state index contributed by atoms with van der Waals surface area (Å²) in [5.74, 6) is 0.319. The predicted molar refractivity (Wildman–Crippen MR) is 123 cm³/mol. The van der Waals surface area contributed by atoms with Crippen LogP contribution in [0.25, 0.3) is 10.8 Å². The molecule has 4 rings (SSSR count). The summed E-state index contributed by atoms with van der Waals surface area (Å²) in [4.78, 5) is 0. The zero-order chi connectivity index (χ0) is 20.8. The molecule has 0 atom stereocenters. The molecule has 0 aliphatic carbocycles. The van der Waals surface area contributed by atoms with Gasteiger partial charge in [-0.25, -0.2) is 0 Å². The van der Waals surface area contributed by atoms with E-state index in [4.69, 9.17) is 0 Å². The quantitative estimate of drug-likeness (QED) is 0.268. The lowest BCUT2D eigenvalue weighted by Crippen LogP contribution is -1.98. The Balaban J connectivity index is 1.60. The van der Waals surface area contributed by atoms with Gasteiger partial charge in [-0.2, -0.15) is 10.2 Å². The number of hydrogen-bond donors (Lipinski definition) is 4. The highest BCUT2D eigenvalue weighted by Crippen LogP contribution is 2.29. The van der Waals surface area contributed by atoms with E-state index >= 15 is 0 Å². The summed E-state index contributed by atoms with van der Waals surface area (Å²) in [6.45, 7) is 0. The fourth-order valence-corrected chi connectivity index (χ4v) is 2.96. The standard InChI is InChI=1S/C24H20N4O2/c29-23-11-5-3-9-19(23)15-25-27-21-13-17-7-1-2-8-18(17)14-22(21)28-26-16-20-10-4-6-12-24(20)30/h1-16,27-30H/b25-15+,26-16+. The minimum Gasteiger partial charge on any atom is -0.507 e. The molecule has 0 amide bonds. The van der Waals surface area contributed by atoms with Gasteiger partial charge >= 0.3 is 0 Å². The van der Waals surface area contributed by atoms with Crippen molar-refractivity contribution in [3.05, 3.63) is 96.1 Å². The number of hydrazone groups is 2. The minimum atomic E-state index is 0.159. The highest BCUT2D eigenvalue weighted by Gasteiger charge is 2.05. The second kappa shape index (κ2) is 8.79. The largest absolute Gasteiger partial charge is 0.507 e. The summed E-state index contributed by atoms with van der Waals surface area (Å²) in [6.07, 6.45) is 3.11. The Bertz CT molecular complexity index is 1140. The number of rotatable bonds is 6. The van der Waals surface area contributed by atoms with Crippen molar-refractivity contribution in [1.82, 2.24) is 0 Å². The first-order valence-electron chi connectivity index (χ1n) is 9.37. The lowest BCUT2D eigenvalue weighted by molar-refractivity contribution is 0.474. The van der Waals surface area contributed by atoms with Crippen molar-refractivity contribution < 1.29 is 10.2 Å². The maximum Gasteiger partial charge on any atom is 0.124 e. The van der Waals surface area contributed by atoms with E-state index < -0.39 is 0 Å². The molecular weight excluding hydrogens is 376 g/mol. The lowest BCUT2D eigenvalue weighted by Gasteiger charge is -2.10. The number of hydrogen-bond acceptors (Lipinski definition) is 6. The van der Waals surface area contributed by atoms with Crippen molar-refractivity contribution in [3.63, 3.8) is 0 Å². The number of anilines is 2. The van der Waals surface area contributed by atoms with Gasteiger partial charge in [-0.3, -0.25) is 10.9 Å². The SMILES string of the molecule is Oc1ccccc1/C=N/Nc1cc2ccccc2cc1N/N=C/c1ccccc1O. The Morgan fingerprint density at radius 3 is 1.40 bits per heavy atom. The zero-order valence-electron chi connectivity index (χ0n) is 16.0. The molecule has 0 spiro atoms. The van der Waals surface area contributed by atoms with E-state index in [1.165, 1.54) is 0 Å². The van der Waals surface area contributed by atoms with Crippen LogP contribution in [0.1, 0.15) is 11.1 Å². The Hall–Kier alpha value is -4.32. The number of phenolic OH excluding ortho intramolecular Hbond substituents is 2. The third-order valence-electron chi connectivity index (χ3n) is 4.54. The molecule has 0 saturated carbocycles. The first-order valence-corrected chi connectivity index (χ1v) is 9.37. The molecule has 0 bridgehead atoms. The number of fused-ring (bicyclic) bond motifs is 1.